The molecule has 0 heterocycles. The van der Waals surface area contributed by atoms with Crippen LogP contribution in [0.1, 0.15) is 44.5 Å². The molecule has 61 heavy (non-hydrogen) atoms. The molecule has 1 nitrogen and oxygen atoms in total. The van der Waals surface area contributed by atoms with Gasteiger partial charge < -0.3 is 38.7 Å². The van der Waals surface area contributed by atoms with Crippen molar-refractivity contribution in [1.29, 1.82) is 0 Å². The van der Waals surface area contributed by atoms with Crippen molar-refractivity contribution in [2.45, 2.75) is 53.9 Å². The van der Waals surface area contributed by atoms with Gasteiger partial charge in [-0.25, -0.2) is 0 Å². The zero-order valence-electron chi connectivity index (χ0n) is 35.9. The maximum Gasteiger partial charge on any atom is 0.127 e. The summed E-state index contributed by atoms with van der Waals surface area (Å²) in [5.74, 6) is 1.68. The lowest BCUT2D eigenvalue weighted by Crippen LogP contribution is -3.00. The first-order valence-electron chi connectivity index (χ1n) is 20.7. The molecule has 0 amide bonds. The highest BCUT2D eigenvalue weighted by Gasteiger charge is 2.47. The summed E-state index contributed by atoms with van der Waals surface area (Å²) in [6.07, 6.45) is 1.84. The van der Waals surface area contributed by atoms with Crippen LogP contribution in [0.15, 0.2) is 194 Å². The van der Waals surface area contributed by atoms with Crippen LogP contribution in [0, 0.1) is 41.5 Å². The number of hydrogen-bond donors (Lipinski definition) is 0. The van der Waals surface area contributed by atoms with Gasteiger partial charge in [0.1, 0.15) is 57.9 Å². The highest BCUT2D eigenvalue weighted by atomic mass is 79.9. The average molecular weight is 965 g/mol. The van der Waals surface area contributed by atoms with Gasteiger partial charge in [0.2, 0.25) is 0 Å². The van der Waals surface area contributed by atoms with Crippen molar-refractivity contribution in [1.82, 2.24) is 0 Å². The van der Waals surface area contributed by atoms with E-state index in [0.29, 0.717) is 0 Å². The summed E-state index contributed by atoms with van der Waals surface area (Å²) in [5, 5.41) is 8.39. The van der Waals surface area contributed by atoms with Crippen molar-refractivity contribution in [3.8, 4) is 11.5 Å². The highest BCUT2D eigenvalue weighted by Crippen LogP contribution is 2.59. The zero-order valence-corrected chi connectivity index (χ0v) is 40.9. The Bertz CT molecular complexity index is 2210. The summed E-state index contributed by atoms with van der Waals surface area (Å²) in [5.41, 5.74) is 10.3. The second kappa shape index (κ2) is 20.0. The minimum Gasteiger partial charge on any atom is -1.00 e. The summed E-state index contributed by atoms with van der Waals surface area (Å²) < 4.78 is 6.55. The molecule has 0 N–H and O–H groups in total. The van der Waals surface area contributed by atoms with E-state index in [1.807, 2.05) is 0 Å². The maximum absolute atomic E-state index is 6.55. The fourth-order valence-corrected chi connectivity index (χ4v) is 16.6. The Morgan fingerprint density at radius 2 is 0.443 bits per heavy atom. The molecule has 0 aliphatic rings. The standard InChI is InChI=1S/C56H54OP2.2BrH/c1-41-7-27-51(28-8-41)58(52-29-9-42(2)10-30-52,53-31-11-43(3)12-32-53)39-47-19-23-49(24-20-47)57-50-25-21-48(22-26-50)40-59(54-33-13-44(4)14-34-54,55-35-15-45(5)16-36-55)56-37-17-46(6)18-38-56;;/h7-38H,39-40H2,1-6H3;2*1H/q+2;;/p-2. The van der Waals surface area contributed by atoms with Crippen LogP contribution in [-0.2, 0) is 12.3 Å². The van der Waals surface area contributed by atoms with E-state index in [4.69, 9.17) is 4.74 Å². The summed E-state index contributed by atoms with van der Waals surface area (Å²) in [4.78, 5) is 0. The Kier molecular flexibility index (Phi) is 15.1. The number of aryl methyl sites for hydroxylation is 6. The second-order valence-corrected chi connectivity index (χ2v) is 23.3. The van der Waals surface area contributed by atoms with Crippen LogP contribution < -0.4 is 70.5 Å². The largest absolute Gasteiger partial charge is 1.00 e. The van der Waals surface area contributed by atoms with E-state index in [1.54, 1.807) is 0 Å². The first-order chi connectivity index (χ1) is 28.6. The summed E-state index contributed by atoms with van der Waals surface area (Å²) in [6, 6.07) is 73.1. The molecule has 8 rings (SSSR count). The topological polar surface area (TPSA) is 9.23 Å². The number of halogens is 2. The maximum atomic E-state index is 6.55. The molecule has 0 unspecified atom stereocenters. The third kappa shape index (κ3) is 10.0. The molecular weight excluding hydrogens is 910 g/mol. The highest BCUT2D eigenvalue weighted by molar-refractivity contribution is 7.95. The van der Waals surface area contributed by atoms with Gasteiger partial charge in [0.15, 0.2) is 0 Å². The van der Waals surface area contributed by atoms with Crippen LogP contribution in [0.3, 0.4) is 0 Å². The number of hydrogen-bond acceptors (Lipinski definition) is 1. The van der Waals surface area contributed by atoms with Crippen LogP contribution in [0.5, 0.6) is 11.5 Å². The normalized spacial score (nSPS) is 11.3. The van der Waals surface area contributed by atoms with Gasteiger partial charge in [-0.15, -0.1) is 0 Å². The fraction of sp³-hybridized carbons (Fsp3) is 0.143. The van der Waals surface area contributed by atoms with Crippen molar-refractivity contribution in [3.05, 3.63) is 239 Å². The molecule has 0 fully saturated rings. The van der Waals surface area contributed by atoms with Gasteiger partial charge in [-0.05, 0) is 150 Å². The van der Waals surface area contributed by atoms with Crippen molar-refractivity contribution >= 4 is 46.4 Å². The van der Waals surface area contributed by atoms with Gasteiger partial charge in [0.05, 0.1) is 12.3 Å². The van der Waals surface area contributed by atoms with Gasteiger partial charge in [-0.1, -0.05) is 130 Å². The Morgan fingerprint density at radius 1 is 0.262 bits per heavy atom. The summed E-state index contributed by atoms with van der Waals surface area (Å²) >= 11 is 0. The van der Waals surface area contributed by atoms with E-state index >= 15 is 0 Å². The van der Waals surface area contributed by atoms with E-state index < -0.39 is 14.5 Å². The predicted molar refractivity (Wildman–Crippen MR) is 259 cm³/mol. The number of rotatable bonds is 12. The molecular formula is C56H54Br2OP2. The van der Waals surface area contributed by atoms with Crippen LogP contribution in [-0.4, -0.2) is 0 Å². The lowest BCUT2D eigenvalue weighted by Gasteiger charge is -2.28. The smallest absolute Gasteiger partial charge is 0.127 e. The van der Waals surface area contributed by atoms with Crippen LogP contribution in [0.2, 0.25) is 0 Å². The van der Waals surface area contributed by atoms with Crippen molar-refractivity contribution < 1.29 is 38.7 Å². The van der Waals surface area contributed by atoms with Crippen molar-refractivity contribution in [2.75, 3.05) is 0 Å². The van der Waals surface area contributed by atoms with Gasteiger partial charge in [0.25, 0.3) is 0 Å². The van der Waals surface area contributed by atoms with Gasteiger partial charge >= 0.3 is 0 Å². The molecule has 0 radical (unpaired) electrons. The molecule has 5 heteroatoms. The summed E-state index contributed by atoms with van der Waals surface area (Å²) in [7, 11) is -4.10. The molecule has 0 aliphatic carbocycles. The minimum absolute atomic E-state index is 0. The molecule has 8 aromatic rings. The molecule has 0 spiro atoms. The van der Waals surface area contributed by atoms with Gasteiger partial charge in [-0.3, -0.25) is 0 Å². The first kappa shape index (κ1) is 45.9. The molecule has 0 atom stereocenters. The quantitative estimate of drug-likeness (QED) is 0.130. The zero-order chi connectivity index (χ0) is 41.0. The van der Waals surface area contributed by atoms with E-state index in [1.165, 1.54) is 76.3 Å². The molecule has 0 saturated heterocycles. The molecule has 0 bridgehead atoms. The minimum atomic E-state index is -2.05. The van der Waals surface area contributed by atoms with Crippen LogP contribution >= 0.6 is 14.5 Å². The fourth-order valence-electron chi connectivity index (χ4n) is 8.25. The monoisotopic (exact) mass is 962 g/mol. The third-order valence-corrected chi connectivity index (χ3v) is 20.5. The van der Waals surface area contributed by atoms with Gasteiger partial charge in [-0.2, -0.15) is 0 Å². The van der Waals surface area contributed by atoms with Crippen LogP contribution in [0.4, 0.5) is 0 Å². The Balaban J connectivity index is 0.00000311. The Morgan fingerprint density at radius 3 is 0.623 bits per heavy atom. The van der Waals surface area contributed by atoms with Gasteiger partial charge in [0, 0.05) is 0 Å². The number of benzene rings is 8. The van der Waals surface area contributed by atoms with Crippen molar-refractivity contribution in [3.63, 3.8) is 0 Å². The molecule has 0 aromatic heterocycles. The number of ether oxygens (including phenoxy) is 1. The molecule has 308 valence electrons. The SMILES string of the molecule is Cc1ccc([P+](Cc2ccc(Oc3ccc(C[P+](c4ccc(C)cc4)(c4ccc(C)cc4)c4ccc(C)cc4)cc3)cc2)(c2ccc(C)cc2)c2ccc(C)cc2)cc1.[Br-].[Br-]. The molecule has 0 saturated carbocycles. The average Bonchev–Trinajstić information content (AvgIpc) is 3.25. The van der Waals surface area contributed by atoms with Crippen molar-refractivity contribution in [2.24, 2.45) is 0 Å². The second-order valence-electron chi connectivity index (χ2n) is 16.3. The van der Waals surface area contributed by atoms with E-state index in [0.717, 1.165) is 23.8 Å². The molecule has 0 aliphatic heterocycles. The van der Waals surface area contributed by atoms with E-state index in [9.17, 15) is 0 Å². The van der Waals surface area contributed by atoms with E-state index in [2.05, 4.69) is 236 Å². The Labute approximate surface area is 386 Å². The lowest BCUT2D eigenvalue weighted by atomic mass is 10.2. The molecule has 8 aromatic carbocycles. The summed E-state index contributed by atoms with van der Waals surface area (Å²) in [6.45, 7) is 13.0. The third-order valence-electron chi connectivity index (χ3n) is 11.8. The lowest BCUT2D eigenvalue weighted by molar-refractivity contribution is -0.001000. The Hall–Kier alpha value is -4.62. The van der Waals surface area contributed by atoms with Crippen LogP contribution in [0.25, 0.3) is 0 Å². The van der Waals surface area contributed by atoms with E-state index in [-0.39, 0.29) is 34.0 Å². The first-order valence-corrected chi connectivity index (χ1v) is 24.6. The predicted octanol–water partition coefficient (Wildman–Crippen LogP) is 6.33.